The number of aryl methyl sites for hydroxylation is 1. The largest absolute Gasteiger partial charge is 0.497 e. The zero-order chi connectivity index (χ0) is 26.4. The standard InChI is InChI=1S/C29H24N4O4S/c1-17-30-25(15-38-17)20-5-3-4-19(12-20)18-6-9-22(10-7-18)29(27(35)31-28(36)32-29)16-33-14-21-8-11-23(37-2)13-24(21)26(33)34/h3-13,15H,14,16H2,1-2H3,(H2,31,32,35,36)/t29-/m0/s1. The molecule has 0 spiro atoms. The number of fused-ring (bicyclic) bond motifs is 1. The monoisotopic (exact) mass is 524 g/mol. The van der Waals surface area contributed by atoms with Crippen LogP contribution in [0.1, 0.15) is 26.5 Å². The molecule has 1 atom stereocenters. The van der Waals surface area contributed by atoms with Gasteiger partial charge in [0.1, 0.15) is 5.75 Å². The van der Waals surface area contributed by atoms with E-state index in [1.165, 1.54) is 0 Å². The number of benzene rings is 3. The Balaban J connectivity index is 1.31. The molecule has 9 heteroatoms. The third kappa shape index (κ3) is 4.01. The molecule has 4 aromatic rings. The number of nitrogens with zero attached hydrogens (tertiary/aromatic N) is 2. The van der Waals surface area contributed by atoms with Crippen LogP contribution < -0.4 is 15.4 Å². The summed E-state index contributed by atoms with van der Waals surface area (Å²) >= 11 is 1.61. The van der Waals surface area contributed by atoms with E-state index >= 15 is 0 Å². The maximum absolute atomic E-state index is 13.2. The number of amides is 4. The number of hydrogen-bond donors (Lipinski definition) is 2. The second kappa shape index (κ2) is 9.11. The van der Waals surface area contributed by atoms with Gasteiger partial charge in [-0.15, -0.1) is 11.3 Å². The van der Waals surface area contributed by atoms with Crippen LogP contribution in [0.4, 0.5) is 4.79 Å². The minimum atomic E-state index is -1.41. The fourth-order valence-electron chi connectivity index (χ4n) is 5.08. The van der Waals surface area contributed by atoms with Gasteiger partial charge in [-0.25, -0.2) is 9.78 Å². The van der Waals surface area contributed by atoms with E-state index in [0.29, 0.717) is 23.4 Å². The van der Waals surface area contributed by atoms with E-state index in [4.69, 9.17) is 4.74 Å². The van der Waals surface area contributed by atoms with Gasteiger partial charge in [0.05, 0.1) is 24.4 Å². The fourth-order valence-corrected chi connectivity index (χ4v) is 5.70. The highest BCUT2D eigenvalue weighted by atomic mass is 32.1. The van der Waals surface area contributed by atoms with Gasteiger partial charge in [-0.05, 0) is 47.4 Å². The predicted octanol–water partition coefficient (Wildman–Crippen LogP) is 4.48. The molecule has 3 aromatic carbocycles. The number of hydrogen-bond acceptors (Lipinski definition) is 6. The first-order valence-corrected chi connectivity index (χ1v) is 13.0. The first-order valence-electron chi connectivity index (χ1n) is 12.1. The molecule has 38 heavy (non-hydrogen) atoms. The van der Waals surface area contributed by atoms with E-state index in [2.05, 4.69) is 21.7 Å². The topological polar surface area (TPSA) is 101 Å². The van der Waals surface area contributed by atoms with Crippen LogP contribution in [0.2, 0.25) is 0 Å². The van der Waals surface area contributed by atoms with Gasteiger partial charge in [0.25, 0.3) is 11.8 Å². The Bertz CT molecular complexity index is 1600. The number of rotatable bonds is 6. The lowest BCUT2D eigenvalue weighted by atomic mass is 9.88. The quantitative estimate of drug-likeness (QED) is 0.362. The summed E-state index contributed by atoms with van der Waals surface area (Å²) in [5.74, 6) is -0.111. The number of methoxy groups -OCH3 is 1. The van der Waals surface area contributed by atoms with Gasteiger partial charge in [0.2, 0.25) is 0 Å². The van der Waals surface area contributed by atoms with Crippen LogP contribution in [0.15, 0.2) is 72.1 Å². The number of carbonyl (C=O) groups is 3. The summed E-state index contributed by atoms with van der Waals surface area (Å²) in [4.78, 5) is 44.9. The summed E-state index contributed by atoms with van der Waals surface area (Å²) < 4.78 is 5.26. The van der Waals surface area contributed by atoms with Gasteiger partial charge in [0.15, 0.2) is 5.54 Å². The van der Waals surface area contributed by atoms with Crippen molar-refractivity contribution >= 4 is 29.2 Å². The Hall–Kier alpha value is -4.50. The van der Waals surface area contributed by atoms with Gasteiger partial charge in [-0.2, -0.15) is 0 Å². The van der Waals surface area contributed by atoms with Crippen LogP contribution in [-0.2, 0) is 16.9 Å². The summed E-state index contributed by atoms with van der Waals surface area (Å²) in [7, 11) is 1.55. The van der Waals surface area contributed by atoms with Gasteiger partial charge >= 0.3 is 6.03 Å². The molecule has 2 aliphatic heterocycles. The van der Waals surface area contributed by atoms with E-state index in [9.17, 15) is 14.4 Å². The van der Waals surface area contributed by atoms with E-state index in [1.807, 2.05) is 60.8 Å². The SMILES string of the molecule is COc1ccc2c(c1)C(=O)N(C[C@@]1(c3ccc(-c4cccc(-c5csc(C)n5)c4)cc3)NC(=O)NC1=O)C2. The van der Waals surface area contributed by atoms with Gasteiger partial charge in [-0.3, -0.25) is 14.9 Å². The highest BCUT2D eigenvalue weighted by molar-refractivity contribution is 7.09. The molecular weight excluding hydrogens is 500 g/mol. The second-order valence-corrected chi connectivity index (χ2v) is 10.5. The van der Waals surface area contributed by atoms with Crippen LogP contribution in [0.5, 0.6) is 5.75 Å². The first-order chi connectivity index (χ1) is 18.4. The number of imide groups is 1. The normalized spacial score (nSPS) is 18.4. The number of ether oxygens (including phenoxy) is 1. The van der Waals surface area contributed by atoms with Crippen molar-refractivity contribution in [3.05, 3.63) is 93.8 Å². The smallest absolute Gasteiger partial charge is 0.322 e. The van der Waals surface area contributed by atoms with Crippen molar-refractivity contribution in [2.24, 2.45) is 0 Å². The Kier molecular flexibility index (Phi) is 5.72. The molecule has 0 aliphatic carbocycles. The second-order valence-electron chi connectivity index (χ2n) is 9.41. The summed E-state index contributed by atoms with van der Waals surface area (Å²) in [6.45, 7) is 2.32. The zero-order valence-corrected chi connectivity index (χ0v) is 21.6. The van der Waals surface area contributed by atoms with Gasteiger partial charge in [-0.1, -0.05) is 48.5 Å². The third-order valence-corrected chi connectivity index (χ3v) is 7.83. The predicted molar refractivity (Wildman–Crippen MR) is 144 cm³/mol. The molecule has 2 aliphatic rings. The van der Waals surface area contributed by atoms with E-state index in [-0.39, 0.29) is 12.5 Å². The van der Waals surface area contributed by atoms with Crippen LogP contribution in [-0.4, -0.2) is 41.4 Å². The summed E-state index contributed by atoms with van der Waals surface area (Å²) in [6, 6.07) is 20.4. The summed E-state index contributed by atoms with van der Waals surface area (Å²) in [6.07, 6.45) is 0. The molecule has 8 nitrogen and oxygen atoms in total. The molecule has 0 saturated carbocycles. The van der Waals surface area contributed by atoms with Crippen LogP contribution in [0, 0.1) is 6.92 Å². The average Bonchev–Trinajstić information content (AvgIpc) is 3.59. The first kappa shape index (κ1) is 23.9. The van der Waals surface area contributed by atoms with Gasteiger partial charge in [0, 0.05) is 23.1 Å². The number of urea groups is 1. The molecule has 3 heterocycles. The maximum Gasteiger partial charge on any atom is 0.322 e. The van der Waals surface area contributed by atoms with Crippen molar-refractivity contribution in [3.8, 4) is 28.1 Å². The molecule has 2 N–H and O–H groups in total. The molecule has 0 unspecified atom stereocenters. The Morgan fingerprint density at radius 3 is 2.47 bits per heavy atom. The number of nitrogens with one attached hydrogen (secondary N) is 2. The van der Waals surface area contributed by atoms with Crippen molar-refractivity contribution in [1.29, 1.82) is 0 Å². The number of carbonyl (C=O) groups excluding carboxylic acids is 3. The van der Waals surface area contributed by atoms with Crippen molar-refractivity contribution < 1.29 is 19.1 Å². The molecule has 1 aromatic heterocycles. The maximum atomic E-state index is 13.2. The van der Waals surface area contributed by atoms with Crippen molar-refractivity contribution in [2.75, 3.05) is 13.7 Å². The zero-order valence-electron chi connectivity index (χ0n) is 20.8. The summed E-state index contributed by atoms with van der Waals surface area (Å²) in [5.41, 5.74) is 4.50. The Labute approximate surface area is 223 Å². The molecule has 0 radical (unpaired) electrons. The van der Waals surface area contributed by atoms with Crippen molar-refractivity contribution in [1.82, 2.24) is 20.5 Å². The molecule has 1 fully saturated rings. The minimum absolute atomic E-state index is 0.00158. The van der Waals surface area contributed by atoms with Crippen LogP contribution in [0.25, 0.3) is 22.4 Å². The average molecular weight is 525 g/mol. The number of thiazole rings is 1. The molecule has 0 bridgehead atoms. The van der Waals surface area contributed by atoms with Gasteiger partial charge < -0.3 is 15.0 Å². The molecule has 4 amide bonds. The lowest BCUT2D eigenvalue weighted by Gasteiger charge is -2.31. The molecule has 190 valence electrons. The Morgan fingerprint density at radius 2 is 1.79 bits per heavy atom. The fraction of sp³-hybridized carbons (Fsp3) is 0.172. The van der Waals surface area contributed by atoms with Crippen LogP contribution in [0.3, 0.4) is 0 Å². The molecular formula is C29H24N4O4S. The highest BCUT2D eigenvalue weighted by Crippen LogP contribution is 2.34. The van der Waals surface area contributed by atoms with E-state index < -0.39 is 17.5 Å². The number of aromatic nitrogens is 1. The molecule has 1 saturated heterocycles. The third-order valence-electron chi connectivity index (χ3n) is 7.05. The van der Waals surface area contributed by atoms with Crippen molar-refractivity contribution in [3.63, 3.8) is 0 Å². The van der Waals surface area contributed by atoms with E-state index in [1.54, 1.807) is 35.5 Å². The lowest BCUT2D eigenvalue weighted by Crippen LogP contribution is -2.52. The van der Waals surface area contributed by atoms with E-state index in [0.717, 1.165) is 33.0 Å². The molecule has 6 rings (SSSR count). The minimum Gasteiger partial charge on any atom is -0.497 e. The summed E-state index contributed by atoms with van der Waals surface area (Å²) in [5, 5.41) is 8.20. The van der Waals surface area contributed by atoms with Crippen LogP contribution >= 0.6 is 11.3 Å². The lowest BCUT2D eigenvalue weighted by molar-refractivity contribution is -0.124. The highest BCUT2D eigenvalue weighted by Gasteiger charge is 2.50. The Morgan fingerprint density at radius 1 is 1.00 bits per heavy atom. The van der Waals surface area contributed by atoms with Crippen molar-refractivity contribution in [2.45, 2.75) is 19.0 Å².